The maximum atomic E-state index is 9.45. The third-order valence-corrected chi connectivity index (χ3v) is 5.50. The predicted molar refractivity (Wildman–Crippen MR) is 103 cm³/mol. The van der Waals surface area contributed by atoms with Crippen molar-refractivity contribution in [2.24, 2.45) is 0 Å². The molecule has 0 aliphatic carbocycles. The zero-order valence-electron chi connectivity index (χ0n) is 15.1. The number of aliphatic hydroxyl groups excluding tert-OH is 1. The lowest BCUT2D eigenvalue weighted by Crippen LogP contribution is -2.53. The number of rotatable bonds is 7. The van der Waals surface area contributed by atoms with Crippen LogP contribution in [-0.2, 0) is 6.54 Å². The van der Waals surface area contributed by atoms with Crippen LogP contribution in [0.15, 0.2) is 41.6 Å². The third-order valence-electron chi connectivity index (χ3n) is 4.73. The van der Waals surface area contributed by atoms with Crippen molar-refractivity contribution >= 4 is 11.3 Å². The van der Waals surface area contributed by atoms with E-state index in [-0.39, 0.29) is 6.61 Å². The molecule has 0 aromatic carbocycles. The molecule has 6 heteroatoms. The fraction of sp³-hybridized carbons (Fsp3) is 0.526. The topological polar surface area (TPSA) is 44.5 Å². The first-order valence-corrected chi connectivity index (χ1v) is 9.82. The number of nitrogens with zero attached hydrogens (tertiary/aromatic N) is 4. The highest BCUT2D eigenvalue weighted by Crippen LogP contribution is 2.19. The molecule has 1 saturated heterocycles. The van der Waals surface area contributed by atoms with E-state index in [2.05, 4.69) is 57.6 Å². The lowest BCUT2D eigenvalue weighted by molar-refractivity contribution is 0.0628. The summed E-state index contributed by atoms with van der Waals surface area (Å²) in [5, 5.41) is 12.5. The summed E-state index contributed by atoms with van der Waals surface area (Å²) in [5.41, 5.74) is 2.63. The van der Waals surface area contributed by atoms with Crippen molar-refractivity contribution in [2.45, 2.75) is 32.9 Å². The van der Waals surface area contributed by atoms with Gasteiger partial charge in [0.25, 0.3) is 0 Å². The molecule has 0 spiro atoms. The molecule has 1 aliphatic heterocycles. The summed E-state index contributed by atoms with van der Waals surface area (Å²) in [4.78, 5) is 9.42. The van der Waals surface area contributed by atoms with E-state index in [1.807, 2.05) is 11.6 Å². The van der Waals surface area contributed by atoms with Crippen LogP contribution in [0.1, 0.15) is 26.0 Å². The minimum atomic E-state index is 0.249. The van der Waals surface area contributed by atoms with E-state index in [9.17, 15) is 5.11 Å². The second-order valence-electron chi connectivity index (χ2n) is 6.86. The van der Waals surface area contributed by atoms with Crippen molar-refractivity contribution in [3.63, 3.8) is 0 Å². The van der Waals surface area contributed by atoms with Gasteiger partial charge in [0, 0.05) is 68.8 Å². The zero-order valence-corrected chi connectivity index (χ0v) is 16.0. The molecule has 25 heavy (non-hydrogen) atoms. The van der Waals surface area contributed by atoms with Gasteiger partial charge in [0.15, 0.2) is 5.13 Å². The second kappa shape index (κ2) is 8.76. The van der Waals surface area contributed by atoms with Crippen LogP contribution < -0.4 is 0 Å². The maximum Gasteiger partial charge on any atom is 0.193 e. The molecule has 0 bridgehead atoms. The van der Waals surface area contributed by atoms with E-state index in [0.29, 0.717) is 6.04 Å². The van der Waals surface area contributed by atoms with Gasteiger partial charge in [-0.25, -0.2) is 4.98 Å². The number of piperazine rings is 1. The highest BCUT2D eigenvalue weighted by Gasteiger charge is 2.26. The Bertz CT molecular complexity index is 675. The average molecular weight is 361 g/mol. The minimum Gasteiger partial charge on any atom is -0.396 e. The van der Waals surface area contributed by atoms with Gasteiger partial charge in [0.1, 0.15) is 0 Å². The monoisotopic (exact) mass is 360 g/mol. The number of hydrogen-bond donors (Lipinski definition) is 1. The summed E-state index contributed by atoms with van der Waals surface area (Å²) in [6, 6.07) is 4.68. The fourth-order valence-electron chi connectivity index (χ4n) is 3.36. The highest BCUT2D eigenvalue weighted by molar-refractivity contribution is 7.12. The fourth-order valence-corrected chi connectivity index (χ4v) is 4.02. The first-order valence-electron chi connectivity index (χ1n) is 8.94. The van der Waals surface area contributed by atoms with E-state index in [4.69, 9.17) is 0 Å². The molecule has 1 N–H and O–H groups in total. The molecule has 2 aromatic heterocycles. The Labute approximate surface area is 154 Å². The Kier molecular flexibility index (Phi) is 6.42. The highest BCUT2D eigenvalue weighted by atomic mass is 32.1. The summed E-state index contributed by atoms with van der Waals surface area (Å²) in [7, 11) is 0. The van der Waals surface area contributed by atoms with E-state index in [1.165, 1.54) is 11.3 Å². The zero-order chi connectivity index (χ0) is 17.6. The van der Waals surface area contributed by atoms with Gasteiger partial charge in [-0.05, 0) is 32.4 Å². The molecule has 1 atom stereocenters. The molecule has 1 aliphatic rings. The van der Waals surface area contributed by atoms with Gasteiger partial charge < -0.3 is 5.11 Å². The Morgan fingerprint density at radius 3 is 3.00 bits per heavy atom. The number of allylic oxidation sites excluding steroid dienone is 1. The van der Waals surface area contributed by atoms with Gasteiger partial charge in [-0.3, -0.25) is 14.4 Å². The summed E-state index contributed by atoms with van der Waals surface area (Å²) in [6.07, 6.45) is 7.06. The van der Waals surface area contributed by atoms with Crippen molar-refractivity contribution in [3.8, 4) is 5.13 Å². The molecule has 0 radical (unpaired) electrons. The number of thiazole rings is 1. The summed E-state index contributed by atoms with van der Waals surface area (Å²) < 4.78 is 2.18. The van der Waals surface area contributed by atoms with Crippen molar-refractivity contribution < 1.29 is 5.11 Å². The van der Waals surface area contributed by atoms with Gasteiger partial charge in [-0.2, -0.15) is 0 Å². The summed E-state index contributed by atoms with van der Waals surface area (Å²) in [6.45, 7) is 9.54. The van der Waals surface area contributed by atoms with Crippen molar-refractivity contribution in [2.75, 3.05) is 32.8 Å². The van der Waals surface area contributed by atoms with Crippen molar-refractivity contribution in [3.05, 3.63) is 47.2 Å². The quantitative estimate of drug-likeness (QED) is 0.771. The standard InChI is InChI=1S/C19H28N4OS/c1-16(2)5-9-22-11-10-21(14-17(22)6-12-24)15-18-4-3-8-23(18)19-20-7-13-25-19/h3-5,7-8,13,17,24H,6,9-12,14-15H2,1-2H3/t17-/m1/s1. The molecule has 0 saturated carbocycles. The second-order valence-corrected chi connectivity index (χ2v) is 7.73. The maximum absolute atomic E-state index is 9.45. The number of aliphatic hydroxyl groups is 1. The third kappa shape index (κ3) is 4.79. The Hall–Kier alpha value is -1.47. The van der Waals surface area contributed by atoms with E-state index in [0.717, 1.165) is 44.3 Å². The van der Waals surface area contributed by atoms with E-state index < -0.39 is 0 Å². The van der Waals surface area contributed by atoms with Crippen molar-refractivity contribution in [1.82, 2.24) is 19.4 Å². The molecule has 0 amide bonds. The largest absolute Gasteiger partial charge is 0.396 e. The van der Waals surface area contributed by atoms with Crippen LogP contribution in [0.25, 0.3) is 5.13 Å². The first-order chi connectivity index (χ1) is 12.2. The molecule has 1 fully saturated rings. The van der Waals surface area contributed by atoms with Gasteiger partial charge in [0.05, 0.1) is 0 Å². The Balaban J connectivity index is 1.65. The molecule has 3 heterocycles. The van der Waals surface area contributed by atoms with Crippen LogP contribution in [-0.4, -0.2) is 63.3 Å². The molecule has 5 nitrogen and oxygen atoms in total. The van der Waals surface area contributed by atoms with Crippen LogP contribution in [0.2, 0.25) is 0 Å². The van der Waals surface area contributed by atoms with E-state index in [1.54, 1.807) is 11.3 Å². The van der Waals surface area contributed by atoms with Gasteiger partial charge >= 0.3 is 0 Å². The minimum absolute atomic E-state index is 0.249. The normalized spacial score (nSPS) is 19.2. The SMILES string of the molecule is CC(C)=CCN1CCN(Cc2cccn2-c2nccs2)C[C@H]1CCO. The Morgan fingerprint density at radius 1 is 1.40 bits per heavy atom. The van der Waals surface area contributed by atoms with Gasteiger partial charge in [-0.15, -0.1) is 11.3 Å². The molecule has 0 unspecified atom stereocenters. The lowest BCUT2D eigenvalue weighted by Gasteiger charge is -2.41. The van der Waals surface area contributed by atoms with Gasteiger partial charge in [-0.1, -0.05) is 11.6 Å². The molecular weight excluding hydrogens is 332 g/mol. The molecule has 2 aromatic rings. The Morgan fingerprint density at radius 2 is 2.28 bits per heavy atom. The summed E-state index contributed by atoms with van der Waals surface area (Å²) in [5.74, 6) is 0. The predicted octanol–water partition coefficient (Wildman–Crippen LogP) is 2.77. The molecular formula is C19H28N4OS. The summed E-state index contributed by atoms with van der Waals surface area (Å²) >= 11 is 1.66. The van der Waals surface area contributed by atoms with Crippen LogP contribution in [0, 0.1) is 0 Å². The van der Waals surface area contributed by atoms with Crippen LogP contribution >= 0.6 is 11.3 Å². The van der Waals surface area contributed by atoms with E-state index >= 15 is 0 Å². The number of hydrogen-bond acceptors (Lipinski definition) is 5. The van der Waals surface area contributed by atoms with Crippen LogP contribution in [0.5, 0.6) is 0 Å². The van der Waals surface area contributed by atoms with Crippen LogP contribution in [0.3, 0.4) is 0 Å². The average Bonchev–Trinajstić information content (AvgIpc) is 3.25. The lowest BCUT2D eigenvalue weighted by atomic mass is 10.1. The number of aromatic nitrogens is 2. The van der Waals surface area contributed by atoms with Crippen molar-refractivity contribution in [1.29, 1.82) is 0 Å². The molecule has 3 rings (SSSR count). The smallest absolute Gasteiger partial charge is 0.193 e. The molecule has 136 valence electrons. The van der Waals surface area contributed by atoms with Crippen LogP contribution in [0.4, 0.5) is 0 Å². The van der Waals surface area contributed by atoms with Gasteiger partial charge in [0.2, 0.25) is 0 Å². The first kappa shape index (κ1) is 18.3.